The van der Waals surface area contributed by atoms with Gasteiger partial charge in [-0.15, -0.1) is 0 Å². The third-order valence-corrected chi connectivity index (χ3v) is 7.09. The molecule has 0 bridgehead atoms. The average Bonchev–Trinajstić information content (AvgIpc) is 2.85. The quantitative estimate of drug-likeness (QED) is 0.398. The number of ether oxygens (including phenoxy) is 1. The van der Waals surface area contributed by atoms with E-state index in [9.17, 15) is 13.2 Å². The summed E-state index contributed by atoms with van der Waals surface area (Å²) in [6.45, 7) is 1.90. The number of hydrogen-bond acceptors (Lipinski definition) is 4. The van der Waals surface area contributed by atoms with Gasteiger partial charge >= 0.3 is 0 Å². The molecule has 4 rings (SSSR count). The highest BCUT2D eigenvalue weighted by molar-refractivity contribution is 7.92. The predicted molar refractivity (Wildman–Crippen MR) is 131 cm³/mol. The number of benzene rings is 4. The van der Waals surface area contributed by atoms with E-state index in [2.05, 4.69) is 5.32 Å². The zero-order chi connectivity index (χ0) is 23.3. The van der Waals surface area contributed by atoms with Crippen molar-refractivity contribution in [1.82, 2.24) is 0 Å². The van der Waals surface area contributed by atoms with Gasteiger partial charge in [-0.2, -0.15) is 0 Å². The molecule has 1 amide bonds. The van der Waals surface area contributed by atoms with Crippen molar-refractivity contribution in [2.45, 2.75) is 11.8 Å². The van der Waals surface area contributed by atoms with Crippen molar-refractivity contribution < 1.29 is 17.9 Å². The van der Waals surface area contributed by atoms with E-state index in [1.165, 1.54) is 4.31 Å². The highest BCUT2D eigenvalue weighted by Crippen LogP contribution is 2.26. The number of carbonyl (C=O) groups is 1. The lowest BCUT2D eigenvalue weighted by atomic mass is 10.1. The van der Waals surface area contributed by atoms with Gasteiger partial charge in [-0.1, -0.05) is 54.6 Å². The Kier molecular flexibility index (Phi) is 6.60. The average molecular weight is 461 g/mol. The Balaban J connectivity index is 1.41. The summed E-state index contributed by atoms with van der Waals surface area (Å²) < 4.78 is 32.9. The maximum Gasteiger partial charge on any atom is 0.264 e. The minimum absolute atomic E-state index is 0.164. The predicted octanol–water partition coefficient (Wildman–Crippen LogP) is 5.07. The van der Waals surface area contributed by atoms with Gasteiger partial charge in [0, 0.05) is 17.6 Å². The Bertz CT molecular complexity index is 1350. The SMILES string of the molecule is CCN(c1ccc(OCC(=O)Nc2cccc3ccccc23)cc1)S(=O)(=O)c1ccccc1. The van der Waals surface area contributed by atoms with Crippen molar-refractivity contribution in [3.63, 3.8) is 0 Å². The lowest BCUT2D eigenvalue weighted by Gasteiger charge is -2.23. The molecule has 1 N–H and O–H groups in total. The summed E-state index contributed by atoms with van der Waals surface area (Å²) in [6, 6.07) is 28.5. The van der Waals surface area contributed by atoms with Crippen molar-refractivity contribution in [3.05, 3.63) is 97.1 Å². The van der Waals surface area contributed by atoms with Crippen molar-refractivity contribution in [3.8, 4) is 5.75 Å². The van der Waals surface area contributed by atoms with E-state index in [-0.39, 0.29) is 24.0 Å². The van der Waals surface area contributed by atoms with E-state index in [0.29, 0.717) is 11.4 Å². The molecule has 0 aliphatic rings. The van der Waals surface area contributed by atoms with Gasteiger partial charge in [0.25, 0.3) is 15.9 Å². The van der Waals surface area contributed by atoms with Gasteiger partial charge in [-0.3, -0.25) is 9.10 Å². The van der Waals surface area contributed by atoms with Crippen LogP contribution in [0.25, 0.3) is 10.8 Å². The van der Waals surface area contributed by atoms with Crippen LogP contribution in [0.15, 0.2) is 102 Å². The van der Waals surface area contributed by atoms with Crippen LogP contribution in [0, 0.1) is 0 Å². The van der Waals surface area contributed by atoms with Gasteiger partial charge in [0.2, 0.25) is 0 Å². The number of rotatable bonds is 8. The molecule has 0 spiro atoms. The van der Waals surface area contributed by atoms with Crippen molar-refractivity contribution in [2.75, 3.05) is 22.8 Å². The number of fused-ring (bicyclic) bond motifs is 1. The van der Waals surface area contributed by atoms with E-state index in [4.69, 9.17) is 4.74 Å². The Hall–Kier alpha value is -3.84. The smallest absolute Gasteiger partial charge is 0.264 e. The van der Waals surface area contributed by atoms with Crippen LogP contribution in [0.1, 0.15) is 6.92 Å². The zero-order valence-electron chi connectivity index (χ0n) is 18.1. The number of hydrogen-bond donors (Lipinski definition) is 1. The molecule has 0 fully saturated rings. The molecule has 7 heteroatoms. The van der Waals surface area contributed by atoms with E-state index in [0.717, 1.165) is 16.5 Å². The van der Waals surface area contributed by atoms with Gasteiger partial charge in [-0.05, 0) is 54.8 Å². The van der Waals surface area contributed by atoms with Gasteiger partial charge in [-0.25, -0.2) is 8.42 Å². The topological polar surface area (TPSA) is 75.7 Å². The number of anilines is 2. The highest BCUT2D eigenvalue weighted by Gasteiger charge is 2.23. The van der Waals surface area contributed by atoms with E-state index in [1.54, 1.807) is 61.5 Å². The maximum absolute atomic E-state index is 13.0. The maximum atomic E-state index is 13.0. The molecular weight excluding hydrogens is 436 g/mol. The van der Waals surface area contributed by atoms with Crippen LogP contribution in [0.2, 0.25) is 0 Å². The summed E-state index contributed by atoms with van der Waals surface area (Å²) in [4.78, 5) is 12.6. The molecule has 4 aromatic rings. The molecule has 0 saturated heterocycles. The lowest BCUT2D eigenvalue weighted by Crippen LogP contribution is -2.30. The van der Waals surface area contributed by atoms with Crippen LogP contribution in [-0.2, 0) is 14.8 Å². The van der Waals surface area contributed by atoms with Crippen LogP contribution in [0.5, 0.6) is 5.75 Å². The second-order valence-corrected chi connectivity index (χ2v) is 9.20. The summed E-state index contributed by atoms with van der Waals surface area (Å²) in [6.07, 6.45) is 0. The minimum Gasteiger partial charge on any atom is -0.484 e. The lowest BCUT2D eigenvalue weighted by molar-refractivity contribution is -0.118. The minimum atomic E-state index is -3.67. The van der Waals surface area contributed by atoms with Crippen LogP contribution in [-0.4, -0.2) is 27.5 Å². The van der Waals surface area contributed by atoms with E-state index >= 15 is 0 Å². The molecule has 0 saturated carbocycles. The first-order chi connectivity index (χ1) is 16.0. The summed E-state index contributed by atoms with van der Waals surface area (Å²) in [5.41, 5.74) is 1.25. The third-order valence-electron chi connectivity index (χ3n) is 5.18. The van der Waals surface area contributed by atoms with Gasteiger partial charge in [0.15, 0.2) is 6.61 Å². The largest absolute Gasteiger partial charge is 0.484 e. The molecule has 0 aliphatic heterocycles. The standard InChI is InChI=1S/C26H24N2O4S/c1-2-28(33(30,31)23-11-4-3-5-12-23)21-15-17-22(18-16-21)32-19-26(29)27-25-14-8-10-20-9-6-7-13-24(20)25/h3-18H,2,19H2,1H3,(H,27,29). The summed E-state index contributed by atoms with van der Waals surface area (Å²) in [5, 5.41) is 4.88. The summed E-state index contributed by atoms with van der Waals surface area (Å²) >= 11 is 0. The Morgan fingerprint density at radius 1 is 0.848 bits per heavy atom. The number of carbonyl (C=O) groups excluding carboxylic acids is 1. The van der Waals surface area contributed by atoms with Crippen LogP contribution >= 0.6 is 0 Å². The second-order valence-electron chi connectivity index (χ2n) is 7.34. The number of nitrogens with zero attached hydrogens (tertiary/aromatic N) is 1. The molecule has 0 heterocycles. The van der Waals surface area contributed by atoms with Crippen LogP contribution < -0.4 is 14.4 Å². The fourth-order valence-electron chi connectivity index (χ4n) is 3.59. The molecule has 0 unspecified atom stereocenters. The zero-order valence-corrected chi connectivity index (χ0v) is 19.0. The van der Waals surface area contributed by atoms with E-state index < -0.39 is 10.0 Å². The summed E-state index contributed by atoms with van der Waals surface area (Å²) in [5.74, 6) is 0.192. The normalized spacial score (nSPS) is 11.2. The molecule has 0 radical (unpaired) electrons. The molecular formula is C26H24N2O4S. The third kappa shape index (κ3) is 4.99. The Labute approximate surface area is 193 Å². The number of nitrogens with one attached hydrogen (secondary N) is 1. The van der Waals surface area contributed by atoms with Crippen molar-refractivity contribution in [2.24, 2.45) is 0 Å². The van der Waals surface area contributed by atoms with Crippen molar-refractivity contribution >= 4 is 38.1 Å². The van der Waals surface area contributed by atoms with Gasteiger partial charge in [0.1, 0.15) is 5.75 Å². The fraction of sp³-hybridized carbons (Fsp3) is 0.115. The molecule has 33 heavy (non-hydrogen) atoms. The van der Waals surface area contributed by atoms with Crippen molar-refractivity contribution in [1.29, 1.82) is 0 Å². The molecule has 0 aliphatic carbocycles. The first-order valence-electron chi connectivity index (χ1n) is 10.6. The van der Waals surface area contributed by atoms with Crippen LogP contribution in [0.4, 0.5) is 11.4 Å². The summed E-state index contributed by atoms with van der Waals surface area (Å²) in [7, 11) is -3.67. The van der Waals surface area contributed by atoms with E-state index in [1.807, 2.05) is 42.5 Å². The Morgan fingerprint density at radius 2 is 1.52 bits per heavy atom. The van der Waals surface area contributed by atoms with Crippen LogP contribution in [0.3, 0.4) is 0 Å². The molecule has 0 aromatic heterocycles. The fourth-order valence-corrected chi connectivity index (χ4v) is 5.08. The molecule has 4 aromatic carbocycles. The first kappa shape index (κ1) is 22.4. The monoisotopic (exact) mass is 460 g/mol. The number of sulfonamides is 1. The van der Waals surface area contributed by atoms with Gasteiger partial charge in [0.05, 0.1) is 10.6 Å². The Morgan fingerprint density at radius 3 is 2.24 bits per heavy atom. The first-order valence-corrected chi connectivity index (χ1v) is 12.0. The highest BCUT2D eigenvalue weighted by atomic mass is 32.2. The number of amides is 1. The van der Waals surface area contributed by atoms with Gasteiger partial charge < -0.3 is 10.1 Å². The second kappa shape index (κ2) is 9.75. The molecule has 0 atom stereocenters. The molecule has 168 valence electrons. The molecule has 6 nitrogen and oxygen atoms in total.